The van der Waals surface area contributed by atoms with Gasteiger partial charge in [-0.25, -0.2) is 14.5 Å². The second kappa shape index (κ2) is 10.3. The normalized spacial score (nSPS) is 18.5. The molecule has 1 aliphatic rings. The van der Waals surface area contributed by atoms with Crippen molar-refractivity contribution in [2.24, 2.45) is 11.8 Å². The number of anilines is 1. The number of thiazole rings is 1. The van der Waals surface area contributed by atoms with Crippen LogP contribution in [0.1, 0.15) is 67.4 Å². The van der Waals surface area contributed by atoms with Gasteiger partial charge in [0, 0.05) is 29.7 Å². The summed E-state index contributed by atoms with van der Waals surface area (Å²) in [5, 5.41) is 17.3. The molecule has 1 fully saturated rings. The molecule has 1 N–H and O–H groups in total. The molecule has 3 aromatic rings. The number of aromatic nitrogens is 3. The molecule has 0 unspecified atom stereocenters. The van der Waals surface area contributed by atoms with E-state index < -0.39 is 5.97 Å². The summed E-state index contributed by atoms with van der Waals surface area (Å²) in [6.45, 7) is 6.01. The molecule has 1 saturated carbocycles. The number of aromatic carboxylic acids is 1. The van der Waals surface area contributed by atoms with E-state index >= 15 is 0 Å². The lowest BCUT2D eigenvalue weighted by Gasteiger charge is -2.32. The average Bonchev–Trinajstić information content (AvgIpc) is 3.49. The zero-order chi connectivity index (χ0) is 24.2. The SMILES string of the molecule is CC(C)N(c1nn(-c2ccc(/C=C/c3nccs3)cc2)cc1C(=O)O)C(=O)[C@H]1CC[C@H](C)CC1. The van der Waals surface area contributed by atoms with Crippen LogP contribution in [0, 0.1) is 11.8 Å². The van der Waals surface area contributed by atoms with Gasteiger partial charge in [-0.1, -0.05) is 25.1 Å². The molecule has 4 rings (SSSR count). The van der Waals surface area contributed by atoms with Crippen LogP contribution < -0.4 is 4.90 Å². The molecule has 34 heavy (non-hydrogen) atoms. The lowest BCUT2D eigenvalue weighted by Crippen LogP contribution is -2.43. The fraction of sp³-hybridized carbons (Fsp3) is 0.385. The van der Waals surface area contributed by atoms with Gasteiger partial charge in [0.25, 0.3) is 0 Å². The van der Waals surface area contributed by atoms with Gasteiger partial charge in [-0.2, -0.15) is 0 Å². The van der Waals surface area contributed by atoms with Crippen molar-refractivity contribution in [3.8, 4) is 5.69 Å². The summed E-state index contributed by atoms with van der Waals surface area (Å²) in [4.78, 5) is 31.3. The van der Waals surface area contributed by atoms with Crippen LogP contribution in [-0.2, 0) is 4.79 Å². The number of rotatable bonds is 7. The summed E-state index contributed by atoms with van der Waals surface area (Å²) in [7, 11) is 0. The van der Waals surface area contributed by atoms with E-state index in [1.807, 2.05) is 55.6 Å². The van der Waals surface area contributed by atoms with Gasteiger partial charge in [0.1, 0.15) is 10.6 Å². The van der Waals surface area contributed by atoms with Crippen molar-refractivity contribution in [2.75, 3.05) is 4.90 Å². The third-order valence-corrected chi connectivity index (χ3v) is 7.04. The van der Waals surface area contributed by atoms with E-state index in [2.05, 4.69) is 17.0 Å². The van der Waals surface area contributed by atoms with Crippen molar-refractivity contribution in [3.63, 3.8) is 0 Å². The van der Waals surface area contributed by atoms with Gasteiger partial charge in [0.2, 0.25) is 5.91 Å². The van der Waals surface area contributed by atoms with Crippen LogP contribution in [0.3, 0.4) is 0 Å². The van der Waals surface area contributed by atoms with Crippen LogP contribution in [0.5, 0.6) is 0 Å². The highest BCUT2D eigenvalue weighted by molar-refractivity contribution is 7.10. The Kier molecular flexibility index (Phi) is 7.26. The molecule has 1 amide bonds. The molecule has 0 atom stereocenters. The van der Waals surface area contributed by atoms with Gasteiger partial charge >= 0.3 is 5.97 Å². The van der Waals surface area contributed by atoms with Crippen LogP contribution >= 0.6 is 11.3 Å². The van der Waals surface area contributed by atoms with Crippen molar-refractivity contribution in [1.82, 2.24) is 14.8 Å². The van der Waals surface area contributed by atoms with E-state index in [0.29, 0.717) is 5.92 Å². The van der Waals surface area contributed by atoms with E-state index in [9.17, 15) is 14.7 Å². The molecule has 178 valence electrons. The number of amides is 1. The maximum atomic E-state index is 13.5. The predicted octanol–water partition coefficient (Wildman–Crippen LogP) is 5.77. The van der Waals surface area contributed by atoms with Gasteiger partial charge in [-0.05, 0) is 69.2 Å². The lowest BCUT2D eigenvalue weighted by molar-refractivity contribution is -0.123. The maximum absolute atomic E-state index is 13.5. The highest BCUT2D eigenvalue weighted by Crippen LogP contribution is 2.32. The van der Waals surface area contributed by atoms with Crippen LogP contribution in [0.25, 0.3) is 17.8 Å². The summed E-state index contributed by atoms with van der Waals surface area (Å²) in [5.41, 5.74) is 1.75. The molecule has 1 aromatic carbocycles. The first-order chi connectivity index (χ1) is 16.3. The molecule has 1 aliphatic carbocycles. The second-order valence-corrected chi connectivity index (χ2v) is 10.1. The lowest BCUT2D eigenvalue weighted by atomic mass is 9.82. The molecule has 0 spiro atoms. The fourth-order valence-corrected chi connectivity index (χ4v) is 4.88. The summed E-state index contributed by atoms with van der Waals surface area (Å²) < 4.78 is 1.54. The number of carboxylic acid groups (broad SMARTS) is 1. The first-order valence-corrected chi connectivity index (χ1v) is 12.6. The minimum atomic E-state index is -1.10. The Morgan fingerprint density at radius 3 is 2.44 bits per heavy atom. The second-order valence-electron chi connectivity index (χ2n) is 9.17. The van der Waals surface area contributed by atoms with Crippen LogP contribution in [0.4, 0.5) is 5.82 Å². The van der Waals surface area contributed by atoms with Gasteiger partial charge in [0.15, 0.2) is 5.82 Å². The van der Waals surface area contributed by atoms with E-state index in [1.54, 1.807) is 27.1 Å². The number of carbonyl (C=O) groups excluding carboxylic acids is 1. The highest BCUT2D eigenvalue weighted by Gasteiger charge is 2.34. The predicted molar refractivity (Wildman–Crippen MR) is 135 cm³/mol. The quantitative estimate of drug-likeness (QED) is 0.466. The number of hydrogen-bond acceptors (Lipinski definition) is 5. The molecule has 8 heteroatoms. The monoisotopic (exact) mass is 478 g/mol. The number of hydrogen-bond donors (Lipinski definition) is 1. The Balaban J connectivity index is 1.61. The number of carbonyl (C=O) groups is 2. The summed E-state index contributed by atoms with van der Waals surface area (Å²) in [5.74, 6) is -0.379. The van der Waals surface area contributed by atoms with Gasteiger partial charge in [0.05, 0.1) is 5.69 Å². The Labute approximate surface area is 203 Å². The third kappa shape index (κ3) is 5.28. The Hall–Kier alpha value is -3.26. The number of benzene rings is 1. The summed E-state index contributed by atoms with van der Waals surface area (Å²) in [6.07, 6.45) is 10.9. The van der Waals surface area contributed by atoms with E-state index in [-0.39, 0.29) is 29.2 Å². The van der Waals surface area contributed by atoms with Crippen molar-refractivity contribution in [1.29, 1.82) is 0 Å². The number of carboxylic acids is 1. The van der Waals surface area contributed by atoms with Crippen LogP contribution in [0.15, 0.2) is 42.0 Å². The number of nitrogens with zero attached hydrogens (tertiary/aromatic N) is 4. The third-order valence-electron chi connectivity index (χ3n) is 6.30. The van der Waals surface area contributed by atoms with Gasteiger partial charge < -0.3 is 5.11 Å². The topological polar surface area (TPSA) is 88.3 Å². The minimum Gasteiger partial charge on any atom is -0.477 e. The standard InChI is InChI=1S/C26H30N4O3S/c1-17(2)30(25(31)20-9-4-18(3)5-10-20)24-22(26(32)33)16-29(28-24)21-11-6-19(7-12-21)8-13-23-27-14-15-34-23/h6-8,11-18,20H,4-5,9-10H2,1-3H3,(H,32,33)/b13-8+/t18-,20-. The molecule has 7 nitrogen and oxygen atoms in total. The summed E-state index contributed by atoms with van der Waals surface area (Å²) >= 11 is 1.57. The van der Waals surface area contributed by atoms with Crippen molar-refractivity contribution < 1.29 is 14.7 Å². The first kappa shape index (κ1) is 23.9. The molecular weight excluding hydrogens is 448 g/mol. The molecule has 0 radical (unpaired) electrons. The summed E-state index contributed by atoms with van der Waals surface area (Å²) in [6, 6.07) is 7.44. The Bertz CT molecular complexity index is 1160. The van der Waals surface area contributed by atoms with Crippen LogP contribution in [-0.4, -0.2) is 37.8 Å². The smallest absolute Gasteiger partial charge is 0.341 e. The molecule has 0 saturated heterocycles. The van der Waals surface area contributed by atoms with E-state index in [0.717, 1.165) is 41.9 Å². The van der Waals surface area contributed by atoms with E-state index in [4.69, 9.17) is 0 Å². The van der Waals surface area contributed by atoms with Gasteiger partial charge in [-0.3, -0.25) is 9.69 Å². The molecule has 0 aliphatic heterocycles. The van der Waals surface area contributed by atoms with Crippen LogP contribution in [0.2, 0.25) is 0 Å². The molecule has 2 heterocycles. The van der Waals surface area contributed by atoms with Crippen molar-refractivity contribution >= 4 is 41.2 Å². The highest BCUT2D eigenvalue weighted by atomic mass is 32.1. The average molecular weight is 479 g/mol. The Morgan fingerprint density at radius 2 is 1.85 bits per heavy atom. The zero-order valence-corrected chi connectivity index (χ0v) is 20.5. The molecular formula is C26H30N4O3S. The van der Waals surface area contributed by atoms with Crippen molar-refractivity contribution in [2.45, 2.75) is 52.5 Å². The maximum Gasteiger partial charge on any atom is 0.341 e. The van der Waals surface area contributed by atoms with E-state index in [1.165, 1.54) is 6.20 Å². The van der Waals surface area contributed by atoms with Crippen molar-refractivity contribution in [3.05, 3.63) is 58.2 Å². The van der Waals surface area contributed by atoms with Gasteiger partial charge in [-0.15, -0.1) is 16.4 Å². The zero-order valence-electron chi connectivity index (χ0n) is 19.7. The largest absolute Gasteiger partial charge is 0.477 e. The fourth-order valence-electron chi connectivity index (χ4n) is 4.36. The molecule has 2 aromatic heterocycles. The molecule has 0 bridgehead atoms. The first-order valence-electron chi connectivity index (χ1n) is 11.7. The Morgan fingerprint density at radius 1 is 1.15 bits per heavy atom. The minimum absolute atomic E-state index is 0.0268.